The van der Waals surface area contributed by atoms with Crippen LogP contribution in [-0.4, -0.2) is 19.8 Å². The van der Waals surface area contributed by atoms with Crippen LogP contribution in [0, 0.1) is 6.92 Å². The summed E-state index contributed by atoms with van der Waals surface area (Å²) in [6, 6.07) is 12.2. The molecule has 5 nitrogen and oxygen atoms in total. The summed E-state index contributed by atoms with van der Waals surface area (Å²) in [7, 11) is 0. The van der Waals surface area contributed by atoms with Crippen LogP contribution < -0.4 is 5.32 Å². The third kappa shape index (κ3) is 2.51. The SMILES string of the molecule is Cc1nnc2ccc(NC(C)c3cccc(Br)c3)nn12. The van der Waals surface area contributed by atoms with E-state index in [1.165, 1.54) is 5.56 Å². The van der Waals surface area contributed by atoms with Crippen LogP contribution in [0.1, 0.15) is 24.4 Å². The summed E-state index contributed by atoms with van der Waals surface area (Å²) in [5.74, 6) is 1.58. The molecule has 0 amide bonds. The van der Waals surface area contributed by atoms with Gasteiger partial charge in [0.2, 0.25) is 0 Å². The van der Waals surface area contributed by atoms with E-state index >= 15 is 0 Å². The lowest BCUT2D eigenvalue weighted by Crippen LogP contribution is -2.09. The second kappa shape index (κ2) is 5.20. The predicted octanol–water partition coefficient (Wildman–Crippen LogP) is 3.37. The van der Waals surface area contributed by atoms with E-state index < -0.39 is 0 Å². The van der Waals surface area contributed by atoms with Crippen molar-refractivity contribution in [2.45, 2.75) is 19.9 Å². The number of anilines is 1. The van der Waals surface area contributed by atoms with Crippen molar-refractivity contribution in [3.63, 3.8) is 0 Å². The summed E-state index contributed by atoms with van der Waals surface area (Å²) in [6.45, 7) is 3.99. The summed E-state index contributed by atoms with van der Waals surface area (Å²) in [5, 5.41) is 15.9. The number of hydrogen-bond acceptors (Lipinski definition) is 4. The Bertz CT molecular complexity index is 752. The van der Waals surface area contributed by atoms with Gasteiger partial charge >= 0.3 is 0 Å². The number of nitrogens with zero attached hydrogens (tertiary/aromatic N) is 4. The van der Waals surface area contributed by atoms with E-state index in [1.807, 2.05) is 31.2 Å². The highest BCUT2D eigenvalue weighted by molar-refractivity contribution is 9.10. The first-order valence-corrected chi connectivity index (χ1v) is 7.14. The first-order valence-electron chi connectivity index (χ1n) is 6.34. The van der Waals surface area contributed by atoms with Crippen LogP contribution in [0.15, 0.2) is 40.9 Å². The van der Waals surface area contributed by atoms with Crippen LogP contribution >= 0.6 is 15.9 Å². The molecule has 0 spiro atoms. The van der Waals surface area contributed by atoms with E-state index in [0.717, 1.165) is 21.8 Å². The molecule has 1 unspecified atom stereocenters. The quantitative estimate of drug-likeness (QED) is 0.799. The number of nitrogens with one attached hydrogen (secondary N) is 1. The molecule has 1 N–H and O–H groups in total. The maximum atomic E-state index is 4.49. The zero-order valence-corrected chi connectivity index (χ0v) is 12.8. The summed E-state index contributed by atoms with van der Waals surface area (Å²) in [4.78, 5) is 0. The van der Waals surface area contributed by atoms with Crippen molar-refractivity contribution in [2.24, 2.45) is 0 Å². The number of halogens is 1. The zero-order valence-electron chi connectivity index (χ0n) is 11.2. The summed E-state index contributed by atoms with van der Waals surface area (Å²) < 4.78 is 2.80. The molecule has 0 aliphatic heterocycles. The van der Waals surface area contributed by atoms with Gasteiger partial charge in [-0.05, 0) is 43.7 Å². The minimum Gasteiger partial charge on any atom is -0.362 e. The van der Waals surface area contributed by atoms with Crippen molar-refractivity contribution in [1.82, 2.24) is 19.8 Å². The maximum Gasteiger partial charge on any atom is 0.178 e. The Morgan fingerprint density at radius 3 is 2.85 bits per heavy atom. The molecular formula is C14H14BrN5. The van der Waals surface area contributed by atoms with Gasteiger partial charge in [-0.3, -0.25) is 0 Å². The van der Waals surface area contributed by atoms with Gasteiger partial charge in [0.05, 0.1) is 6.04 Å². The van der Waals surface area contributed by atoms with Crippen LogP contribution in [0.3, 0.4) is 0 Å². The molecule has 2 aromatic heterocycles. The predicted molar refractivity (Wildman–Crippen MR) is 81.7 cm³/mol. The van der Waals surface area contributed by atoms with Gasteiger partial charge in [-0.1, -0.05) is 28.1 Å². The number of benzene rings is 1. The van der Waals surface area contributed by atoms with E-state index in [4.69, 9.17) is 0 Å². The van der Waals surface area contributed by atoms with Gasteiger partial charge in [0.15, 0.2) is 11.5 Å². The lowest BCUT2D eigenvalue weighted by molar-refractivity contribution is 0.829. The van der Waals surface area contributed by atoms with Gasteiger partial charge in [-0.15, -0.1) is 15.3 Å². The van der Waals surface area contributed by atoms with E-state index in [-0.39, 0.29) is 6.04 Å². The van der Waals surface area contributed by atoms with Gasteiger partial charge in [-0.2, -0.15) is 4.52 Å². The van der Waals surface area contributed by atoms with Gasteiger partial charge in [0.25, 0.3) is 0 Å². The van der Waals surface area contributed by atoms with Crippen molar-refractivity contribution in [1.29, 1.82) is 0 Å². The summed E-state index contributed by atoms with van der Waals surface area (Å²) in [6.07, 6.45) is 0. The standard InChI is InChI=1S/C14H14BrN5/c1-9(11-4-3-5-12(15)8-11)16-13-6-7-14-18-17-10(2)20(14)19-13/h3-9H,1-2H3,(H,16,19). The van der Waals surface area contributed by atoms with Crippen LogP contribution in [0.5, 0.6) is 0 Å². The first kappa shape index (κ1) is 13.1. The molecule has 2 heterocycles. The lowest BCUT2D eigenvalue weighted by atomic mass is 10.1. The lowest BCUT2D eigenvalue weighted by Gasteiger charge is -2.15. The molecule has 0 radical (unpaired) electrons. The second-order valence-electron chi connectivity index (χ2n) is 4.66. The van der Waals surface area contributed by atoms with Crippen LogP contribution in [0.2, 0.25) is 0 Å². The Labute approximate surface area is 125 Å². The van der Waals surface area contributed by atoms with E-state index in [0.29, 0.717) is 0 Å². The van der Waals surface area contributed by atoms with Crippen LogP contribution in [0.25, 0.3) is 5.65 Å². The number of aromatic nitrogens is 4. The highest BCUT2D eigenvalue weighted by atomic mass is 79.9. The third-order valence-electron chi connectivity index (χ3n) is 3.13. The Hall–Kier alpha value is -1.95. The monoisotopic (exact) mass is 331 g/mol. The van der Waals surface area contributed by atoms with Crippen molar-refractivity contribution in [2.75, 3.05) is 5.32 Å². The second-order valence-corrected chi connectivity index (χ2v) is 5.57. The van der Waals surface area contributed by atoms with Crippen molar-refractivity contribution in [3.8, 4) is 0 Å². The highest BCUT2D eigenvalue weighted by Gasteiger charge is 2.08. The Morgan fingerprint density at radius 2 is 2.05 bits per heavy atom. The molecule has 1 aromatic carbocycles. The Kier molecular flexibility index (Phi) is 3.40. The smallest absolute Gasteiger partial charge is 0.178 e. The van der Waals surface area contributed by atoms with Crippen LogP contribution in [0.4, 0.5) is 5.82 Å². The molecule has 20 heavy (non-hydrogen) atoms. The molecule has 3 rings (SSSR count). The molecular weight excluding hydrogens is 318 g/mol. The van der Waals surface area contributed by atoms with Crippen molar-refractivity contribution >= 4 is 27.4 Å². The number of aryl methyl sites for hydroxylation is 1. The largest absolute Gasteiger partial charge is 0.362 e. The fourth-order valence-corrected chi connectivity index (χ4v) is 2.47. The van der Waals surface area contributed by atoms with Crippen LogP contribution in [-0.2, 0) is 0 Å². The van der Waals surface area contributed by atoms with Gasteiger partial charge in [-0.25, -0.2) is 0 Å². The fourth-order valence-electron chi connectivity index (χ4n) is 2.05. The van der Waals surface area contributed by atoms with E-state index in [2.05, 4.69) is 55.6 Å². The first-order chi connectivity index (χ1) is 9.63. The molecule has 0 aliphatic carbocycles. The molecule has 0 aliphatic rings. The average molecular weight is 332 g/mol. The van der Waals surface area contributed by atoms with Gasteiger partial charge in [0.1, 0.15) is 5.82 Å². The van der Waals surface area contributed by atoms with E-state index in [1.54, 1.807) is 4.52 Å². The molecule has 0 saturated heterocycles. The molecule has 0 saturated carbocycles. The summed E-state index contributed by atoms with van der Waals surface area (Å²) >= 11 is 3.49. The van der Waals surface area contributed by atoms with Crippen molar-refractivity contribution in [3.05, 3.63) is 52.3 Å². The molecule has 3 aromatic rings. The minimum atomic E-state index is 0.161. The number of fused-ring (bicyclic) bond motifs is 1. The number of rotatable bonds is 3. The minimum absolute atomic E-state index is 0.161. The number of hydrogen-bond donors (Lipinski definition) is 1. The highest BCUT2D eigenvalue weighted by Crippen LogP contribution is 2.21. The fraction of sp³-hybridized carbons (Fsp3) is 0.214. The van der Waals surface area contributed by atoms with Gasteiger partial charge in [0, 0.05) is 4.47 Å². The zero-order chi connectivity index (χ0) is 14.1. The molecule has 0 bridgehead atoms. The molecule has 102 valence electrons. The average Bonchev–Trinajstić information content (AvgIpc) is 2.80. The third-order valence-corrected chi connectivity index (χ3v) is 3.63. The van der Waals surface area contributed by atoms with Gasteiger partial charge < -0.3 is 5.32 Å². The van der Waals surface area contributed by atoms with Crippen molar-refractivity contribution < 1.29 is 0 Å². The Balaban J connectivity index is 1.86. The molecule has 1 atom stereocenters. The topological polar surface area (TPSA) is 55.1 Å². The van der Waals surface area contributed by atoms with E-state index in [9.17, 15) is 0 Å². The maximum absolute atomic E-state index is 4.49. The molecule has 6 heteroatoms. The molecule has 0 fully saturated rings. The normalized spacial score (nSPS) is 12.6. The Morgan fingerprint density at radius 1 is 1.20 bits per heavy atom. The summed E-state index contributed by atoms with van der Waals surface area (Å²) in [5.41, 5.74) is 1.95.